The highest BCUT2D eigenvalue weighted by Crippen LogP contribution is 2.31. The molecule has 0 aromatic heterocycles. The highest BCUT2D eigenvalue weighted by Gasteiger charge is 2.42. The van der Waals surface area contributed by atoms with Crippen LogP contribution in [0.1, 0.15) is 12.8 Å². The topological polar surface area (TPSA) is 41.1 Å². The van der Waals surface area contributed by atoms with Gasteiger partial charge in [-0.2, -0.15) is 0 Å². The van der Waals surface area contributed by atoms with Gasteiger partial charge in [0.1, 0.15) is 0 Å². The average molecular weight is 154 g/mol. The van der Waals surface area contributed by atoms with Gasteiger partial charge in [-0.3, -0.25) is 4.79 Å². The van der Waals surface area contributed by atoms with E-state index in [4.69, 9.17) is 0 Å². The molecule has 0 unspecified atom stereocenters. The van der Waals surface area contributed by atoms with Gasteiger partial charge in [-0.25, -0.2) is 0 Å². The fraction of sp³-hybridized carbons (Fsp3) is 0.875. The first kappa shape index (κ1) is 7.25. The second-order valence-electron chi connectivity index (χ2n) is 3.56. The number of ketones is 1. The summed E-state index contributed by atoms with van der Waals surface area (Å²) in [5, 5.41) is 6.43. The molecule has 0 aromatic carbocycles. The largest absolute Gasteiger partial charge is 0.317 e. The summed E-state index contributed by atoms with van der Waals surface area (Å²) in [6.45, 7) is 3.52. The van der Waals surface area contributed by atoms with Crippen molar-refractivity contribution in [1.82, 2.24) is 10.6 Å². The summed E-state index contributed by atoms with van der Waals surface area (Å²) in [7, 11) is 0. The molecule has 0 atom stereocenters. The normalized spacial score (nSPS) is 29.6. The first-order valence-electron chi connectivity index (χ1n) is 4.28. The van der Waals surface area contributed by atoms with E-state index in [-0.39, 0.29) is 5.41 Å². The van der Waals surface area contributed by atoms with Crippen molar-refractivity contribution in [2.45, 2.75) is 12.8 Å². The average Bonchev–Trinajstić information content (AvgIpc) is 2.36. The number of hydrogen-bond donors (Lipinski definition) is 2. The molecule has 2 saturated heterocycles. The van der Waals surface area contributed by atoms with Gasteiger partial charge in [0.2, 0.25) is 0 Å². The van der Waals surface area contributed by atoms with Gasteiger partial charge in [0.15, 0.2) is 5.78 Å². The Morgan fingerprint density at radius 2 is 1.91 bits per heavy atom. The van der Waals surface area contributed by atoms with E-state index in [0.717, 1.165) is 32.5 Å². The van der Waals surface area contributed by atoms with E-state index < -0.39 is 0 Å². The van der Waals surface area contributed by atoms with E-state index in [1.54, 1.807) is 0 Å². The van der Waals surface area contributed by atoms with Gasteiger partial charge in [0, 0.05) is 12.0 Å². The van der Waals surface area contributed by atoms with Crippen molar-refractivity contribution in [3.8, 4) is 0 Å². The fourth-order valence-electron chi connectivity index (χ4n) is 2.06. The lowest BCUT2D eigenvalue weighted by Crippen LogP contribution is -2.41. The molecule has 0 bridgehead atoms. The van der Waals surface area contributed by atoms with Crippen LogP contribution in [0.4, 0.5) is 0 Å². The molecule has 3 nitrogen and oxygen atoms in total. The highest BCUT2D eigenvalue weighted by atomic mass is 16.1. The van der Waals surface area contributed by atoms with Crippen LogP contribution in [-0.2, 0) is 4.79 Å². The molecule has 2 N–H and O–H groups in total. The minimum Gasteiger partial charge on any atom is -0.317 e. The number of carbonyl (C=O) groups is 1. The van der Waals surface area contributed by atoms with Crippen molar-refractivity contribution in [3.63, 3.8) is 0 Å². The van der Waals surface area contributed by atoms with E-state index in [2.05, 4.69) is 10.6 Å². The summed E-state index contributed by atoms with van der Waals surface area (Å²) < 4.78 is 0. The van der Waals surface area contributed by atoms with E-state index in [1.165, 1.54) is 0 Å². The van der Waals surface area contributed by atoms with Gasteiger partial charge in [0.05, 0.1) is 6.54 Å². The summed E-state index contributed by atoms with van der Waals surface area (Å²) in [5.74, 6) is 0.430. The van der Waals surface area contributed by atoms with Crippen molar-refractivity contribution >= 4 is 5.78 Å². The first-order chi connectivity index (χ1) is 5.33. The Hall–Kier alpha value is -0.410. The second-order valence-corrected chi connectivity index (χ2v) is 3.56. The molecule has 2 rings (SSSR count). The second kappa shape index (κ2) is 2.57. The van der Waals surface area contributed by atoms with Gasteiger partial charge in [-0.15, -0.1) is 0 Å². The molecule has 0 aromatic rings. The van der Waals surface area contributed by atoms with Crippen LogP contribution in [0, 0.1) is 5.41 Å². The number of Topliss-reactive ketones (excluding diaryl/α,β-unsaturated/α-hetero) is 1. The maximum Gasteiger partial charge on any atom is 0.154 e. The lowest BCUT2D eigenvalue weighted by atomic mass is 9.77. The molecule has 2 heterocycles. The number of piperidine rings is 1. The molecule has 62 valence electrons. The Morgan fingerprint density at radius 1 is 1.18 bits per heavy atom. The lowest BCUT2D eigenvalue weighted by molar-refractivity contribution is -0.125. The maximum atomic E-state index is 11.5. The summed E-state index contributed by atoms with van der Waals surface area (Å²) in [6.07, 6.45) is 2.05. The Bertz CT molecular complexity index is 173. The first-order valence-corrected chi connectivity index (χ1v) is 4.28. The molecule has 0 saturated carbocycles. The smallest absolute Gasteiger partial charge is 0.154 e. The predicted molar refractivity (Wildman–Crippen MR) is 42.4 cm³/mol. The SMILES string of the molecule is O=C1CNCC12CCNCC2. The third-order valence-electron chi connectivity index (χ3n) is 2.90. The van der Waals surface area contributed by atoms with E-state index in [1.807, 2.05) is 0 Å². The van der Waals surface area contributed by atoms with Crippen LogP contribution < -0.4 is 10.6 Å². The molecule has 1 spiro atoms. The standard InChI is InChI=1S/C8H14N2O/c11-7-5-10-6-8(7)1-3-9-4-2-8/h9-10H,1-6H2. The summed E-state index contributed by atoms with van der Waals surface area (Å²) >= 11 is 0. The molecule has 0 amide bonds. The number of nitrogens with one attached hydrogen (secondary N) is 2. The lowest BCUT2D eigenvalue weighted by Gasteiger charge is -2.31. The monoisotopic (exact) mass is 154 g/mol. The van der Waals surface area contributed by atoms with E-state index in [9.17, 15) is 4.79 Å². The molecule has 3 heteroatoms. The summed E-state index contributed by atoms with van der Waals surface area (Å²) in [6, 6.07) is 0. The molecule has 2 aliphatic heterocycles. The maximum absolute atomic E-state index is 11.5. The van der Waals surface area contributed by atoms with Gasteiger partial charge in [-0.1, -0.05) is 0 Å². The van der Waals surface area contributed by atoms with Gasteiger partial charge in [0.25, 0.3) is 0 Å². The van der Waals surface area contributed by atoms with Crippen molar-refractivity contribution < 1.29 is 4.79 Å². The quantitative estimate of drug-likeness (QED) is 0.495. The highest BCUT2D eigenvalue weighted by molar-refractivity contribution is 5.89. The van der Waals surface area contributed by atoms with Crippen LogP contribution in [0.15, 0.2) is 0 Å². The van der Waals surface area contributed by atoms with Crippen LogP contribution in [0.3, 0.4) is 0 Å². The van der Waals surface area contributed by atoms with E-state index >= 15 is 0 Å². The molecule has 0 radical (unpaired) electrons. The molecule has 11 heavy (non-hydrogen) atoms. The molecule has 2 fully saturated rings. The number of carbonyl (C=O) groups excluding carboxylic acids is 1. The zero-order valence-electron chi connectivity index (χ0n) is 6.65. The zero-order valence-corrected chi connectivity index (χ0v) is 6.65. The minimum atomic E-state index is 0.0191. The van der Waals surface area contributed by atoms with Crippen molar-refractivity contribution in [2.24, 2.45) is 5.41 Å². The minimum absolute atomic E-state index is 0.0191. The zero-order chi connectivity index (χ0) is 7.73. The Morgan fingerprint density at radius 3 is 2.45 bits per heavy atom. The molecular formula is C8H14N2O. The van der Waals surface area contributed by atoms with Crippen LogP contribution >= 0.6 is 0 Å². The van der Waals surface area contributed by atoms with Gasteiger partial charge >= 0.3 is 0 Å². The fourth-order valence-corrected chi connectivity index (χ4v) is 2.06. The number of hydrogen-bond acceptors (Lipinski definition) is 3. The van der Waals surface area contributed by atoms with Crippen LogP contribution in [-0.4, -0.2) is 32.0 Å². The van der Waals surface area contributed by atoms with E-state index in [0.29, 0.717) is 12.3 Å². The Labute approximate surface area is 66.5 Å². The Kier molecular flexibility index (Phi) is 1.69. The van der Waals surface area contributed by atoms with Crippen molar-refractivity contribution in [1.29, 1.82) is 0 Å². The Balaban J connectivity index is 2.12. The van der Waals surface area contributed by atoms with Gasteiger partial charge in [-0.05, 0) is 25.9 Å². The van der Waals surface area contributed by atoms with Gasteiger partial charge < -0.3 is 10.6 Å². The third-order valence-corrected chi connectivity index (χ3v) is 2.90. The predicted octanol–water partition coefficient (Wildman–Crippen LogP) is -0.472. The summed E-state index contributed by atoms with van der Waals surface area (Å²) in [5.41, 5.74) is 0.0191. The van der Waals surface area contributed by atoms with Crippen LogP contribution in [0.25, 0.3) is 0 Å². The van der Waals surface area contributed by atoms with Crippen LogP contribution in [0.5, 0.6) is 0 Å². The van der Waals surface area contributed by atoms with Crippen molar-refractivity contribution in [2.75, 3.05) is 26.2 Å². The van der Waals surface area contributed by atoms with Crippen LogP contribution in [0.2, 0.25) is 0 Å². The summed E-state index contributed by atoms with van der Waals surface area (Å²) in [4.78, 5) is 11.5. The molecular weight excluding hydrogens is 140 g/mol. The molecule has 2 aliphatic rings. The molecule has 0 aliphatic carbocycles. The third kappa shape index (κ3) is 1.08. The number of rotatable bonds is 0. The van der Waals surface area contributed by atoms with Crippen molar-refractivity contribution in [3.05, 3.63) is 0 Å².